The predicted octanol–water partition coefficient (Wildman–Crippen LogP) is 4.50. The highest BCUT2D eigenvalue weighted by Gasteiger charge is 2.13. The van der Waals surface area contributed by atoms with E-state index < -0.39 is 31.4 Å². The van der Waals surface area contributed by atoms with Crippen LogP contribution in [0.2, 0.25) is 0 Å². The van der Waals surface area contributed by atoms with E-state index in [0.717, 1.165) is 5.56 Å². The van der Waals surface area contributed by atoms with Crippen molar-refractivity contribution in [3.63, 3.8) is 0 Å². The van der Waals surface area contributed by atoms with Crippen molar-refractivity contribution in [3.05, 3.63) is 29.1 Å². The zero-order chi connectivity index (χ0) is 15.1. The fraction of sp³-hybridized carbons (Fsp3) is 0.600. The Kier molecular flexibility index (Phi) is 6.82. The molecule has 0 aliphatic rings. The fourth-order valence-corrected chi connectivity index (χ4v) is 1.88. The molecule has 0 spiro atoms. The van der Waals surface area contributed by atoms with Gasteiger partial charge >= 0.3 is 0 Å². The lowest BCUT2D eigenvalue weighted by Gasteiger charge is -2.13. The summed E-state index contributed by atoms with van der Waals surface area (Å²) in [4.78, 5) is 0. The van der Waals surface area contributed by atoms with E-state index in [1.54, 1.807) is 13.0 Å². The first-order chi connectivity index (χ1) is 9.45. The molecule has 0 aromatic heterocycles. The minimum absolute atomic E-state index is 0.0822. The summed E-state index contributed by atoms with van der Waals surface area (Å²) < 4.78 is 56.3. The second-order valence-electron chi connectivity index (χ2n) is 4.90. The van der Waals surface area contributed by atoms with Crippen molar-refractivity contribution in [1.29, 1.82) is 0 Å². The van der Waals surface area contributed by atoms with Gasteiger partial charge in [-0.2, -0.15) is 0 Å². The van der Waals surface area contributed by atoms with E-state index in [4.69, 9.17) is 4.74 Å². The van der Waals surface area contributed by atoms with Gasteiger partial charge in [0.2, 0.25) is 0 Å². The van der Waals surface area contributed by atoms with Crippen molar-refractivity contribution >= 4 is 0 Å². The highest BCUT2D eigenvalue weighted by atomic mass is 19.2. The van der Waals surface area contributed by atoms with Crippen molar-refractivity contribution in [2.75, 3.05) is 13.3 Å². The van der Waals surface area contributed by atoms with Crippen LogP contribution in [0.4, 0.5) is 17.6 Å². The summed E-state index contributed by atoms with van der Waals surface area (Å²) in [5.74, 6) is -0.650. The molecular formula is C15H20F4O. The van der Waals surface area contributed by atoms with Gasteiger partial charge in [-0.1, -0.05) is 6.07 Å². The van der Waals surface area contributed by atoms with Crippen LogP contribution in [0.1, 0.15) is 30.9 Å². The van der Waals surface area contributed by atoms with Gasteiger partial charge in [-0.3, -0.25) is 0 Å². The number of halogens is 4. The molecule has 0 saturated carbocycles. The first-order valence-electron chi connectivity index (χ1n) is 6.70. The largest absolute Gasteiger partial charge is 0.487 e. The lowest BCUT2D eigenvalue weighted by molar-refractivity contribution is 0.162. The van der Waals surface area contributed by atoms with E-state index in [1.807, 2.05) is 0 Å². The average molecular weight is 292 g/mol. The maximum absolute atomic E-state index is 14.0. The van der Waals surface area contributed by atoms with Crippen LogP contribution in [-0.2, 0) is 6.42 Å². The summed E-state index contributed by atoms with van der Waals surface area (Å²) in [5, 5.41) is 0. The van der Waals surface area contributed by atoms with Crippen LogP contribution >= 0.6 is 0 Å². The highest BCUT2D eigenvalue weighted by Crippen LogP contribution is 2.25. The zero-order valence-electron chi connectivity index (χ0n) is 11.8. The Labute approximate surface area is 116 Å². The first-order valence-corrected chi connectivity index (χ1v) is 6.70. The Hall–Kier alpha value is -1.26. The van der Waals surface area contributed by atoms with Gasteiger partial charge in [0.05, 0.1) is 6.17 Å². The van der Waals surface area contributed by atoms with Crippen LogP contribution in [-0.4, -0.2) is 25.6 Å². The molecular weight excluding hydrogens is 272 g/mol. The van der Waals surface area contributed by atoms with Crippen LogP contribution in [0.3, 0.4) is 0 Å². The third-order valence-electron chi connectivity index (χ3n) is 3.10. The molecule has 0 aliphatic heterocycles. The van der Waals surface area contributed by atoms with E-state index in [-0.39, 0.29) is 5.75 Å². The third kappa shape index (κ3) is 5.02. The lowest BCUT2D eigenvalue weighted by Crippen LogP contribution is -2.15. The Morgan fingerprint density at radius 1 is 1.25 bits per heavy atom. The highest BCUT2D eigenvalue weighted by molar-refractivity contribution is 5.37. The number of aryl methyl sites for hydroxylation is 1. The topological polar surface area (TPSA) is 9.23 Å². The van der Waals surface area contributed by atoms with E-state index in [1.165, 1.54) is 13.0 Å². The number of rotatable bonds is 8. The maximum atomic E-state index is 14.0. The van der Waals surface area contributed by atoms with Crippen molar-refractivity contribution in [2.24, 2.45) is 0 Å². The van der Waals surface area contributed by atoms with E-state index in [0.29, 0.717) is 24.8 Å². The molecule has 1 rings (SSSR count). The fourth-order valence-electron chi connectivity index (χ4n) is 1.88. The molecule has 0 fully saturated rings. The molecule has 20 heavy (non-hydrogen) atoms. The molecule has 5 heteroatoms. The Morgan fingerprint density at radius 3 is 2.55 bits per heavy atom. The molecule has 0 bridgehead atoms. The molecule has 2 atom stereocenters. The third-order valence-corrected chi connectivity index (χ3v) is 3.10. The normalized spacial score (nSPS) is 14.1. The molecule has 0 amide bonds. The van der Waals surface area contributed by atoms with Crippen molar-refractivity contribution in [2.45, 2.75) is 45.5 Å². The SMILES string of the molecule is Cc1c(CCCC(C)F)ccc(OCC(F)CF)c1F. The molecule has 1 aromatic carbocycles. The van der Waals surface area contributed by atoms with E-state index in [2.05, 4.69) is 0 Å². The zero-order valence-corrected chi connectivity index (χ0v) is 11.8. The standard InChI is InChI=1S/C15H20F4O/c1-10(17)4-3-5-12-6-7-14(15(19)11(12)2)20-9-13(18)8-16/h6-7,10,13H,3-5,8-9H2,1-2H3. The molecule has 0 saturated heterocycles. The first kappa shape index (κ1) is 16.8. The van der Waals surface area contributed by atoms with Gasteiger partial charge in [0.1, 0.15) is 13.3 Å². The maximum Gasteiger partial charge on any atom is 0.168 e. The molecule has 0 radical (unpaired) electrons. The Balaban J connectivity index is 2.66. The van der Waals surface area contributed by atoms with Crippen LogP contribution in [0.5, 0.6) is 5.75 Å². The molecule has 0 aliphatic carbocycles. The summed E-state index contributed by atoms with van der Waals surface area (Å²) in [7, 11) is 0. The summed E-state index contributed by atoms with van der Waals surface area (Å²) in [6.07, 6.45) is -0.982. The van der Waals surface area contributed by atoms with Crippen molar-refractivity contribution in [3.8, 4) is 5.75 Å². The van der Waals surface area contributed by atoms with Crippen molar-refractivity contribution in [1.82, 2.24) is 0 Å². The summed E-state index contributed by atoms with van der Waals surface area (Å²) in [5.41, 5.74) is 1.18. The van der Waals surface area contributed by atoms with Crippen LogP contribution in [0.15, 0.2) is 12.1 Å². The second-order valence-corrected chi connectivity index (χ2v) is 4.90. The number of benzene rings is 1. The number of hydrogen-bond donors (Lipinski definition) is 0. The molecule has 1 aromatic rings. The van der Waals surface area contributed by atoms with Gasteiger partial charge in [0.15, 0.2) is 17.7 Å². The van der Waals surface area contributed by atoms with E-state index in [9.17, 15) is 17.6 Å². The average Bonchev–Trinajstić information content (AvgIpc) is 2.41. The monoisotopic (exact) mass is 292 g/mol. The van der Waals surface area contributed by atoms with Gasteiger partial charge in [-0.25, -0.2) is 17.6 Å². The molecule has 2 unspecified atom stereocenters. The van der Waals surface area contributed by atoms with Crippen LogP contribution in [0.25, 0.3) is 0 Å². The van der Waals surface area contributed by atoms with Crippen LogP contribution < -0.4 is 4.74 Å². The van der Waals surface area contributed by atoms with Gasteiger partial charge in [0, 0.05) is 0 Å². The predicted molar refractivity (Wildman–Crippen MR) is 71.0 cm³/mol. The number of ether oxygens (including phenoxy) is 1. The minimum Gasteiger partial charge on any atom is -0.487 e. The smallest absolute Gasteiger partial charge is 0.168 e. The Morgan fingerprint density at radius 2 is 1.95 bits per heavy atom. The molecule has 114 valence electrons. The number of hydrogen-bond acceptors (Lipinski definition) is 1. The second kappa shape index (κ2) is 8.12. The van der Waals surface area contributed by atoms with Gasteiger partial charge < -0.3 is 4.74 Å². The quantitative estimate of drug-likeness (QED) is 0.641. The van der Waals surface area contributed by atoms with Crippen LogP contribution in [0, 0.1) is 12.7 Å². The summed E-state index contributed by atoms with van der Waals surface area (Å²) >= 11 is 0. The van der Waals surface area contributed by atoms with Gasteiger partial charge in [-0.15, -0.1) is 0 Å². The molecule has 0 heterocycles. The van der Waals surface area contributed by atoms with Gasteiger partial charge in [0.25, 0.3) is 0 Å². The Bertz CT molecular complexity index is 421. The number of alkyl halides is 3. The van der Waals surface area contributed by atoms with Crippen molar-refractivity contribution < 1.29 is 22.3 Å². The lowest BCUT2D eigenvalue weighted by atomic mass is 10.0. The summed E-state index contributed by atoms with van der Waals surface area (Å²) in [6, 6.07) is 3.08. The van der Waals surface area contributed by atoms with Gasteiger partial charge in [-0.05, 0) is 50.3 Å². The molecule has 0 N–H and O–H groups in total. The molecule has 1 nitrogen and oxygen atoms in total. The minimum atomic E-state index is -1.75. The summed E-state index contributed by atoms with van der Waals surface area (Å²) in [6.45, 7) is 1.42. The van der Waals surface area contributed by atoms with E-state index >= 15 is 0 Å².